The van der Waals surface area contributed by atoms with Crippen molar-refractivity contribution in [3.05, 3.63) is 12.1 Å². The summed E-state index contributed by atoms with van der Waals surface area (Å²) in [7, 11) is 1.71. The first-order chi connectivity index (χ1) is 7.39. The predicted octanol–water partition coefficient (Wildman–Crippen LogP) is -1.04. The average Bonchev–Trinajstić information content (AvgIpc) is 2.65. The third kappa shape index (κ3) is 7.35. The summed E-state index contributed by atoms with van der Waals surface area (Å²) < 4.78 is 36.8. The quantitative estimate of drug-likeness (QED) is 0.571. The molecule has 0 aromatic heterocycles. The number of hydrogen-bond donors (Lipinski definition) is 0. The molecule has 94 valence electrons. The van der Waals surface area contributed by atoms with Crippen molar-refractivity contribution in [2.45, 2.75) is 12.8 Å². The molecule has 0 unspecified atom stereocenters. The van der Waals surface area contributed by atoms with Crippen LogP contribution in [0, 0.1) is 0 Å². The van der Waals surface area contributed by atoms with Crippen LogP contribution in [-0.2, 0) is 0 Å². The molecule has 0 aromatic rings. The fourth-order valence-corrected chi connectivity index (χ4v) is 1.85. The van der Waals surface area contributed by atoms with Crippen molar-refractivity contribution in [1.82, 2.24) is 9.80 Å². The van der Waals surface area contributed by atoms with Crippen molar-refractivity contribution in [1.29, 1.82) is 0 Å². The predicted molar refractivity (Wildman–Crippen MR) is 61.4 cm³/mol. The molecule has 1 heterocycles. The van der Waals surface area contributed by atoms with Crippen molar-refractivity contribution in [3.63, 3.8) is 0 Å². The van der Waals surface area contributed by atoms with Crippen molar-refractivity contribution in [2.24, 2.45) is 0 Å². The number of likely N-dealkylation sites (tertiary alicyclic amines) is 1. The minimum absolute atomic E-state index is 0. The van der Waals surface area contributed by atoms with Crippen LogP contribution in [0.25, 0.3) is 0 Å². The monoisotopic (exact) mass is 274 g/mol. The van der Waals surface area contributed by atoms with E-state index in [-0.39, 0.29) is 57.9 Å². The van der Waals surface area contributed by atoms with E-state index in [4.69, 9.17) is 0 Å². The van der Waals surface area contributed by atoms with Crippen LogP contribution in [0.5, 0.6) is 0 Å². The molecule has 0 aromatic carbocycles. The second-order valence-electron chi connectivity index (χ2n) is 4.52. The van der Waals surface area contributed by atoms with Gasteiger partial charge >= 0.3 is 58.4 Å². The first kappa shape index (κ1) is 18.2. The van der Waals surface area contributed by atoms with Crippen LogP contribution in [0.15, 0.2) is 12.1 Å². The van der Waals surface area contributed by atoms with Gasteiger partial charge in [-0.3, -0.25) is 0 Å². The summed E-state index contributed by atoms with van der Waals surface area (Å²) in [6.07, 6.45) is 2.42. The van der Waals surface area contributed by atoms with Gasteiger partial charge in [-0.15, -0.1) is 12.1 Å². The van der Waals surface area contributed by atoms with Crippen molar-refractivity contribution < 1.29 is 64.3 Å². The Balaban J connectivity index is 0.00000256. The van der Waals surface area contributed by atoms with E-state index >= 15 is 0 Å². The number of likely N-dealkylation sites (N-methyl/N-ethyl adjacent to an activating group) is 1. The first-order valence-electron chi connectivity index (χ1n) is 5.68. The maximum Gasteiger partial charge on any atom is 1.00 e. The van der Waals surface area contributed by atoms with Crippen LogP contribution in [0.1, 0.15) is 12.8 Å². The summed E-state index contributed by atoms with van der Waals surface area (Å²) >= 11 is 0. The molecule has 7 heteroatoms. The standard InChI is InChI=1S/C10H19BF3N2.K/c1-10(11(12,13)14)9-15(2)7-8-16-5-3-4-6-16;/h1,3-9H2,2H3;/q-1;+1. The molecular weight excluding hydrogens is 255 g/mol. The number of hydrogen-bond acceptors (Lipinski definition) is 2. The van der Waals surface area contributed by atoms with Gasteiger partial charge in [-0.25, -0.2) is 0 Å². The molecule has 0 bridgehead atoms. The van der Waals surface area contributed by atoms with E-state index in [0.717, 1.165) is 19.6 Å². The molecule has 0 saturated carbocycles. The zero-order valence-electron chi connectivity index (χ0n) is 10.8. The third-order valence-electron chi connectivity index (χ3n) is 2.93. The average molecular weight is 274 g/mol. The summed E-state index contributed by atoms with van der Waals surface area (Å²) in [5.41, 5.74) is -0.607. The SMILES string of the molecule is C=C(CN(C)CCN1CCCC1)[B-](F)(F)F.[K+]. The third-order valence-corrected chi connectivity index (χ3v) is 2.93. The Morgan fingerprint density at radius 1 is 1.29 bits per heavy atom. The Morgan fingerprint density at radius 2 is 1.82 bits per heavy atom. The normalized spacial score (nSPS) is 17.2. The summed E-state index contributed by atoms with van der Waals surface area (Å²) in [4.78, 5) is 3.98. The molecule has 1 saturated heterocycles. The summed E-state index contributed by atoms with van der Waals surface area (Å²) in [6.45, 7) is 1.83. The van der Waals surface area contributed by atoms with Crippen molar-refractivity contribution in [2.75, 3.05) is 39.8 Å². The molecule has 2 nitrogen and oxygen atoms in total. The fourth-order valence-electron chi connectivity index (χ4n) is 1.85. The molecule has 0 radical (unpaired) electrons. The number of rotatable bonds is 6. The van der Waals surface area contributed by atoms with Gasteiger partial charge in [-0.05, 0) is 39.5 Å². The molecular formula is C10H19BF3KN2. The molecule has 0 N–H and O–H groups in total. The maximum atomic E-state index is 12.3. The van der Waals surface area contributed by atoms with Gasteiger partial charge in [0.1, 0.15) is 0 Å². The Labute approximate surface area is 144 Å². The zero-order valence-corrected chi connectivity index (χ0v) is 13.9. The second-order valence-corrected chi connectivity index (χ2v) is 4.52. The van der Waals surface area contributed by atoms with Crippen molar-refractivity contribution in [3.8, 4) is 0 Å². The minimum Gasteiger partial charge on any atom is -0.445 e. The molecule has 17 heavy (non-hydrogen) atoms. The van der Waals surface area contributed by atoms with Gasteiger partial charge in [0.25, 0.3) is 0 Å². The van der Waals surface area contributed by atoms with Gasteiger partial charge in [0.05, 0.1) is 0 Å². The maximum absolute atomic E-state index is 12.3. The minimum atomic E-state index is -4.88. The van der Waals surface area contributed by atoms with E-state index in [0.29, 0.717) is 6.54 Å². The molecule has 1 fully saturated rings. The van der Waals surface area contributed by atoms with Crippen LogP contribution in [0.2, 0.25) is 0 Å². The van der Waals surface area contributed by atoms with Gasteiger partial charge < -0.3 is 22.7 Å². The Hall–Kier alpha value is 1.15. The van der Waals surface area contributed by atoms with Gasteiger partial charge in [-0.2, -0.15) is 0 Å². The number of halogens is 3. The molecule has 0 atom stereocenters. The molecule has 0 spiro atoms. The van der Waals surface area contributed by atoms with Crippen LogP contribution in [0.4, 0.5) is 12.9 Å². The van der Waals surface area contributed by atoms with Gasteiger partial charge in [-0.1, -0.05) is 0 Å². The second kappa shape index (κ2) is 8.35. The van der Waals surface area contributed by atoms with Gasteiger partial charge in [0.15, 0.2) is 0 Å². The molecule has 0 aliphatic carbocycles. The van der Waals surface area contributed by atoms with E-state index in [2.05, 4.69) is 11.5 Å². The molecule has 0 amide bonds. The smallest absolute Gasteiger partial charge is 0.445 e. The van der Waals surface area contributed by atoms with E-state index in [1.54, 1.807) is 11.9 Å². The van der Waals surface area contributed by atoms with Crippen LogP contribution >= 0.6 is 0 Å². The Morgan fingerprint density at radius 3 is 2.29 bits per heavy atom. The van der Waals surface area contributed by atoms with Crippen LogP contribution in [0.3, 0.4) is 0 Å². The summed E-state index contributed by atoms with van der Waals surface area (Å²) in [5.74, 6) is 0. The van der Waals surface area contributed by atoms with Gasteiger partial charge in [0.2, 0.25) is 0 Å². The van der Waals surface area contributed by atoms with Crippen LogP contribution in [-0.4, -0.2) is 56.5 Å². The van der Waals surface area contributed by atoms with Crippen LogP contribution < -0.4 is 51.4 Å². The van der Waals surface area contributed by atoms with Crippen molar-refractivity contribution >= 4 is 6.98 Å². The Bertz CT molecular complexity index is 242. The van der Waals surface area contributed by atoms with E-state index in [1.807, 2.05) is 0 Å². The Kier molecular flexibility index (Phi) is 8.91. The summed E-state index contributed by atoms with van der Waals surface area (Å²) in [6, 6.07) is 0. The number of nitrogens with zero attached hydrogens (tertiary/aromatic N) is 2. The topological polar surface area (TPSA) is 6.48 Å². The van der Waals surface area contributed by atoms with E-state index in [9.17, 15) is 12.9 Å². The molecule has 1 aliphatic heterocycles. The van der Waals surface area contributed by atoms with Gasteiger partial charge in [0, 0.05) is 13.1 Å². The fraction of sp³-hybridized carbons (Fsp3) is 0.800. The summed E-state index contributed by atoms with van der Waals surface area (Å²) in [5, 5.41) is 0. The molecule has 1 aliphatic rings. The zero-order chi connectivity index (χ0) is 12.2. The first-order valence-corrected chi connectivity index (χ1v) is 5.68. The molecule has 1 rings (SSSR count). The van der Waals surface area contributed by atoms with E-state index < -0.39 is 12.4 Å². The largest absolute Gasteiger partial charge is 1.00 e. The van der Waals surface area contributed by atoms with E-state index in [1.165, 1.54) is 12.8 Å².